The number of nitrogens with two attached hydrogens (primary N) is 1. The number of nitrogen functional groups attached to an aromatic ring is 1. The second kappa shape index (κ2) is 5.79. The van der Waals surface area contributed by atoms with Gasteiger partial charge < -0.3 is 11.1 Å². The van der Waals surface area contributed by atoms with Crippen LogP contribution in [0.2, 0.25) is 0 Å². The summed E-state index contributed by atoms with van der Waals surface area (Å²) in [5, 5.41) is 6.64. The van der Waals surface area contributed by atoms with Crippen molar-refractivity contribution < 1.29 is 4.79 Å². The van der Waals surface area contributed by atoms with Crippen LogP contribution in [0.15, 0.2) is 29.9 Å². The van der Waals surface area contributed by atoms with Gasteiger partial charge in [0, 0.05) is 23.2 Å². The highest BCUT2D eigenvalue weighted by molar-refractivity contribution is 7.21. The number of amides is 1. The van der Waals surface area contributed by atoms with Crippen LogP contribution in [0.1, 0.15) is 34.1 Å². The number of nitrogens with zero attached hydrogens (tertiary/aromatic N) is 2. The van der Waals surface area contributed by atoms with Crippen molar-refractivity contribution in [2.45, 2.75) is 19.4 Å². The van der Waals surface area contributed by atoms with Gasteiger partial charge in [0.15, 0.2) is 0 Å². The Hall–Kier alpha value is -1.99. The average Bonchev–Trinajstić information content (AvgIpc) is 3.13. The molecule has 0 aliphatic carbocycles. The van der Waals surface area contributed by atoms with Crippen molar-refractivity contribution in [1.29, 1.82) is 0 Å². The van der Waals surface area contributed by atoms with E-state index in [9.17, 15) is 4.79 Å². The van der Waals surface area contributed by atoms with Gasteiger partial charge in [0.05, 0.1) is 11.7 Å². The lowest BCUT2D eigenvalue weighted by atomic mass is 10.2. The molecule has 0 fully saturated rings. The first-order valence-electron chi connectivity index (χ1n) is 6.54. The quantitative estimate of drug-likeness (QED) is 0.774. The van der Waals surface area contributed by atoms with E-state index in [0.29, 0.717) is 10.6 Å². The summed E-state index contributed by atoms with van der Waals surface area (Å²) in [5.74, 6) is -0.169. The molecule has 1 atom stereocenters. The van der Waals surface area contributed by atoms with Gasteiger partial charge in [0.2, 0.25) is 0 Å². The first-order chi connectivity index (χ1) is 10.2. The maximum atomic E-state index is 12.5. The fourth-order valence-corrected chi connectivity index (χ4v) is 3.83. The van der Waals surface area contributed by atoms with E-state index in [1.807, 2.05) is 24.4 Å². The summed E-state index contributed by atoms with van der Waals surface area (Å²) >= 11 is 2.85. The van der Waals surface area contributed by atoms with Gasteiger partial charge in [-0.1, -0.05) is 6.92 Å². The Bertz CT molecular complexity index is 766. The second-order valence-electron chi connectivity index (χ2n) is 4.51. The van der Waals surface area contributed by atoms with E-state index in [2.05, 4.69) is 15.3 Å². The van der Waals surface area contributed by atoms with Crippen LogP contribution in [-0.2, 0) is 0 Å². The summed E-state index contributed by atoms with van der Waals surface area (Å²) in [6.45, 7) is 2.02. The zero-order chi connectivity index (χ0) is 14.8. The number of anilines is 1. The summed E-state index contributed by atoms with van der Waals surface area (Å²) in [6, 6.07) is 3.61. The molecule has 108 valence electrons. The molecule has 0 saturated heterocycles. The van der Waals surface area contributed by atoms with E-state index in [4.69, 9.17) is 5.73 Å². The molecule has 21 heavy (non-hydrogen) atoms. The van der Waals surface area contributed by atoms with Crippen molar-refractivity contribution in [2.75, 3.05) is 5.73 Å². The minimum atomic E-state index is -0.169. The highest BCUT2D eigenvalue weighted by Crippen LogP contribution is 2.32. The number of thiophene rings is 1. The van der Waals surface area contributed by atoms with E-state index in [1.165, 1.54) is 22.7 Å². The number of hydrogen-bond acceptors (Lipinski definition) is 6. The molecule has 7 heteroatoms. The topological polar surface area (TPSA) is 80.9 Å². The molecular formula is C14H14N4OS2. The molecule has 1 unspecified atom stereocenters. The number of hydrogen-bond donors (Lipinski definition) is 2. The van der Waals surface area contributed by atoms with Gasteiger partial charge in [-0.2, -0.15) is 0 Å². The lowest BCUT2D eigenvalue weighted by Gasteiger charge is -2.13. The van der Waals surface area contributed by atoms with Crippen LogP contribution in [0, 0.1) is 0 Å². The number of nitrogens with one attached hydrogen (secondary N) is 1. The van der Waals surface area contributed by atoms with Crippen molar-refractivity contribution in [3.8, 4) is 0 Å². The van der Waals surface area contributed by atoms with Crippen LogP contribution in [0.5, 0.6) is 0 Å². The summed E-state index contributed by atoms with van der Waals surface area (Å²) in [7, 11) is 0. The number of carbonyl (C=O) groups is 1. The van der Waals surface area contributed by atoms with E-state index >= 15 is 0 Å². The summed E-state index contributed by atoms with van der Waals surface area (Å²) in [5.41, 5.74) is 6.57. The number of rotatable bonds is 4. The maximum absolute atomic E-state index is 12.5. The lowest BCUT2D eigenvalue weighted by Crippen LogP contribution is -2.27. The molecule has 0 aromatic carbocycles. The van der Waals surface area contributed by atoms with Gasteiger partial charge in [0.25, 0.3) is 5.91 Å². The molecule has 0 aliphatic heterocycles. The third-order valence-corrected chi connectivity index (χ3v) is 5.19. The van der Waals surface area contributed by atoms with Crippen molar-refractivity contribution in [1.82, 2.24) is 15.3 Å². The van der Waals surface area contributed by atoms with Gasteiger partial charge in [-0.25, -0.2) is 9.97 Å². The number of pyridine rings is 1. The number of carbonyl (C=O) groups excluding carboxylic acids is 1. The first kappa shape index (κ1) is 14.0. The Morgan fingerprint density at radius 3 is 2.95 bits per heavy atom. The minimum Gasteiger partial charge on any atom is -0.397 e. The van der Waals surface area contributed by atoms with Crippen LogP contribution in [-0.4, -0.2) is 15.9 Å². The number of fused-ring (bicyclic) bond motifs is 1. The van der Waals surface area contributed by atoms with Crippen molar-refractivity contribution in [3.05, 3.63) is 39.8 Å². The van der Waals surface area contributed by atoms with Gasteiger partial charge in [0.1, 0.15) is 14.7 Å². The molecule has 3 N–H and O–H groups in total. The molecule has 3 aromatic heterocycles. The summed E-state index contributed by atoms with van der Waals surface area (Å²) in [6.07, 6.45) is 4.22. The van der Waals surface area contributed by atoms with Gasteiger partial charge >= 0.3 is 0 Å². The molecule has 3 rings (SSSR count). The normalized spacial score (nSPS) is 12.4. The first-order valence-corrected chi connectivity index (χ1v) is 8.23. The molecule has 0 radical (unpaired) electrons. The number of aromatic nitrogens is 2. The van der Waals surface area contributed by atoms with E-state index < -0.39 is 0 Å². The Morgan fingerprint density at radius 1 is 1.43 bits per heavy atom. The van der Waals surface area contributed by atoms with Crippen LogP contribution in [0.25, 0.3) is 10.2 Å². The summed E-state index contributed by atoms with van der Waals surface area (Å²) in [4.78, 5) is 22.3. The fraction of sp³-hybridized carbons (Fsp3) is 0.214. The molecule has 3 aromatic rings. The maximum Gasteiger partial charge on any atom is 0.264 e. The Balaban J connectivity index is 1.88. The standard InChI is InChI=1S/C14H14N4OS2/c1-2-9(14-17-6-7-20-14)18-12(19)11-10(15)8-4-3-5-16-13(8)21-11/h3-7,9H,2,15H2,1H3,(H,18,19). The van der Waals surface area contributed by atoms with Crippen LogP contribution >= 0.6 is 22.7 Å². The SMILES string of the molecule is CCC(NC(=O)c1sc2ncccc2c1N)c1nccs1. The van der Waals surface area contributed by atoms with Gasteiger partial charge in [-0.3, -0.25) is 4.79 Å². The van der Waals surface area contributed by atoms with Gasteiger partial charge in [-0.15, -0.1) is 22.7 Å². The van der Waals surface area contributed by atoms with Crippen LogP contribution < -0.4 is 11.1 Å². The lowest BCUT2D eigenvalue weighted by molar-refractivity contribution is 0.0940. The Morgan fingerprint density at radius 2 is 2.29 bits per heavy atom. The predicted molar refractivity (Wildman–Crippen MR) is 86.6 cm³/mol. The second-order valence-corrected chi connectivity index (χ2v) is 6.43. The van der Waals surface area contributed by atoms with E-state index in [-0.39, 0.29) is 11.9 Å². The van der Waals surface area contributed by atoms with Gasteiger partial charge in [-0.05, 0) is 18.6 Å². The monoisotopic (exact) mass is 318 g/mol. The van der Waals surface area contributed by atoms with E-state index in [0.717, 1.165) is 21.6 Å². The zero-order valence-corrected chi connectivity index (χ0v) is 13.0. The fourth-order valence-electron chi connectivity index (χ4n) is 2.09. The zero-order valence-electron chi connectivity index (χ0n) is 11.4. The molecule has 1 amide bonds. The summed E-state index contributed by atoms with van der Waals surface area (Å²) < 4.78 is 0. The molecule has 0 bridgehead atoms. The Kier molecular flexibility index (Phi) is 3.85. The smallest absolute Gasteiger partial charge is 0.264 e. The highest BCUT2D eigenvalue weighted by Gasteiger charge is 2.21. The average molecular weight is 318 g/mol. The predicted octanol–water partition coefficient (Wildman–Crippen LogP) is 3.22. The van der Waals surface area contributed by atoms with E-state index in [1.54, 1.807) is 12.4 Å². The molecular weight excluding hydrogens is 304 g/mol. The third kappa shape index (κ3) is 2.62. The van der Waals surface area contributed by atoms with Crippen molar-refractivity contribution in [2.24, 2.45) is 0 Å². The van der Waals surface area contributed by atoms with Crippen LogP contribution in [0.4, 0.5) is 5.69 Å². The largest absolute Gasteiger partial charge is 0.397 e. The Labute approximate surface area is 129 Å². The molecule has 0 spiro atoms. The molecule has 0 aliphatic rings. The van der Waals surface area contributed by atoms with Crippen molar-refractivity contribution in [3.63, 3.8) is 0 Å². The van der Waals surface area contributed by atoms with Crippen LogP contribution in [0.3, 0.4) is 0 Å². The molecule has 0 saturated carbocycles. The third-order valence-electron chi connectivity index (χ3n) is 3.17. The number of thiazole rings is 1. The molecule has 3 heterocycles. The minimum absolute atomic E-state index is 0.0879. The molecule has 5 nitrogen and oxygen atoms in total. The highest BCUT2D eigenvalue weighted by atomic mass is 32.1. The van der Waals surface area contributed by atoms with Crippen molar-refractivity contribution >= 4 is 44.5 Å².